The van der Waals surface area contributed by atoms with Crippen molar-refractivity contribution in [3.63, 3.8) is 0 Å². The van der Waals surface area contributed by atoms with Gasteiger partial charge in [0.2, 0.25) is 0 Å². The number of alkyl halides is 3. The highest BCUT2D eigenvalue weighted by Crippen LogP contribution is 2.26. The van der Waals surface area contributed by atoms with E-state index in [4.69, 9.17) is 0 Å². The first-order valence-electron chi connectivity index (χ1n) is 3.60. The van der Waals surface area contributed by atoms with Crippen LogP contribution < -0.4 is 4.74 Å². The molecule has 0 heterocycles. The zero-order chi connectivity index (χ0) is 10.8. The van der Waals surface area contributed by atoms with E-state index in [2.05, 4.69) is 11.3 Å². The molecule has 0 aromatic heterocycles. The van der Waals surface area contributed by atoms with Crippen LogP contribution in [0.25, 0.3) is 6.08 Å². The minimum Gasteiger partial charge on any atom is -0.403 e. The summed E-state index contributed by atoms with van der Waals surface area (Å²) in [6.07, 6.45) is -3.56. The fraction of sp³-hybridized carbons (Fsp3) is 0.111. The second-order valence-corrected chi connectivity index (χ2v) is 2.44. The fourth-order valence-corrected chi connectivity index (χ4v) is 0.852. The third-order valence-corrected chi connectivity index (χ3v) is 1.42. The highest BCUT2D eigenvalue weighted by molar-refractivity contribution is 5.48. The Morgan fingerprint density at radius 2 is 1.93 bits per heavy atom. The Hall–Kier alpha value is -1.52. The van der Waals surface area contributed by atoms with Crippen molar-refractivity contribution in [1.29, 1.82) is 0 Å². The number of benzene rings is 1. The van der Waals surface area contributed by atoms with Crippen molar-refractivity contribution in [3.05, 3.63) is 36.2 Å². The summed E-state index contributed by atoms with van der Waals surface area (Å²) in [4.78, 5) is 0. The molecule has 1 aromatic rings. The Morgan fingerprint density at radius 1 is 1.29 bits per heavy atom. The predicted molar refractivity (Wildman–Crippen MR) is 43.2 cm³/mol. The molecule has 1 rings (SSSR count). The van der Waals surface area contributed by atoms with Gasteiger partial charge in [-0.1, -0.05) is 18.7 Å². The molecule has 0 bridgehead atoms. The van der Waals surface area contributed by atoms with E-state index in [1.165, 1.54) is 12.1 Å². The minimum atomic E-state index is -4.88. The molecular weight excluding hydrogens is 200 g/mol. The van der Waals surface area contributed by atoms with Gasteiger partial charge in [0.1, 0.15) is 0 Å². The first-order valence-corrected chi connectivity index (χ1v) is 3.60. The normalized spacial score (nSPS) is 11.1. The molecule has 0 aliphatic carbocycles. The summed E-state index contributed by atoms with van der Waals surface area (Å²) < 4.78 is 51.4. The lowest BCUT2D eigenvalue weighted by Gasteiger charge is -2.09. The molecule has 0 unspecified atom stereocenters. The molecule has 0 aliphatic heterocycles. The van der Waals surface area contributed by atoms with Crippen LogP contribution in [-0.4, -0.2) is 6.36 Å². The van der Waals surface area contributed by atoms with Gasteiger partial charge in [0.05, 0.1) is 0 Å². The molecule has 0 spiro atoms. The van der Waals surface area contributed by atoms with Gasteiger partial charge in [0, 0.05) is 0 Å². The van der Waals surface area contributed by atoms with E-state index in [1.807, 2.05) is 0 Å². The van der Waals surface area contributed by atoms with Gasteiger partial charge in [-0.25, -0.2) is 4.39 Å². The summed E-state index contributed by atoms with van der Waals surface area (Å²) in [6.45, 7) is 3.35. The molecule has 0 radical (unpaired) electrons. The minimum absolute atomic E-state index is 0.386. The second-order valence-electron chi connectivity index (χ2n) is 2.44. The lowest BCUT2D eigenvalue weighted by Crippen LogP contribution is -2.17. The molecule has 0 atom stereocenters. The van der Waals surface area contributed by atoms with Gasteiger partial charge >= 0.3 is 6.36 Å². The van der Waals surface area contributed by atoms with Gasteiger partial charge in [0.15, 0.2) is 11.6 Å². The van der Waals surface area contributed by atoms with Crippen LogP contribution in [0, 0.1) is 5.82 Å². The van der Waals surface area contributed by atoms with E-state index in [9.17, 15) is 17.6 Å². The summed E-state index contributed by atoms with van der Waals surface area (Å²) >= 11 is 0. The topological polar surface area (TPSA) is 9.23 Å². The van der Waals surface area contributed by atoms with Crippen molar-refractivity contribution in [1.82, 2.24) is 0 Å². The molecule has 0 aliphatic rings. The van der Waals surface area contributed by atoms with Gasteiger partial charge in [-0.2, -0.15) is 0 Å². The summed E-state index contributed by atoms with van der Waals surface area (Å²) in [7, 11) is 0. The average molecular weight is 206 g/mol. The van der Waals surface area contributed by atoms with Crippen molar-refractivity contribution in [2.75, 3.05) is 0 Å². The zero-order valence-electron chi connectivity index (χ0n) is 6.94. The number of hydrogen-bond donors (Lipinski definition) is 0. The highest BCUT2D eigenvalue weighted by atomic mass is 19.4. The van der Waals surface area contributed by atoms with Gasteiger partial charge < -0.3 is 4.74 Å². The van der Waals surface area contributed by atoms with Crippen LogP contribution in [0.4, 0.5) is 17.6 Å². The predicted octanol–water partition coefficient (Wildman–Crippen LogP) is 3.37. The van der Waals surface area contributed by atoms with Crippen LogP contribution in [-0.2, 0) is 0 Å². The van der Waals surface area contributed by atoms with Crippen LogP contribution in [0.15, 0.2) is 24.8 Å². The van der Waals surface area contributed by atoms with Crippen LogP contribution in [0.2, 0.25) is 0 Å². The number of halogens is 4. The number of ether oxygens (including phenoxy) is 1. The molecule has 1 nitrogen and oxygen atoms in total. The average Bonchev–Trinajstić information content (AvgIpc) is 2.06. The van der Waals surface area contributed by atoms with Gasteiger partial charge in [-0.15, -0.1) is 13.2 Å². The molecule has 1 aromatic carbocycles. The van der Waals surface area contributed by atoms with Crippen LogP contribution in [0.1, 0.15) is 5.56 Å². The maximum atomic E-state index is 12.9. The van der Waals surface area contributed by atoms with Crippen molar-refractivity contribution < 1.29 is 22.3 Å². The van der Waals surface area contributed by atoms with E-state index in [1.54, 1.807) is 0 Å². The Bertz CT molecular complexity index is 343. The van der Waals surface area contributed by atoms with Crippen molar-refractivity contribution >= 4 is 6.08 Å². The Morgan fingerprint density at radius 3 is 2.36 bits per heavy atom. The molecular formula is C9H6F4O. The van der Waals surface area contributed by atoms with Crippen molar-refractivity contribution in [2.24, 2.45) is 0 Å². The molecule has 0 amide bonds. The molecule has 76 valence electrons. The monoisotopic (exact) mass is 206 g/mol. The Balaban J connectivity index is 2.95. The first-order chi connectivity index (χ1) is 6.42. The first kappa shape index (κ1) is 10.6. The van der Waals surface area contributed by atoms with E-state index in [-0.39, 0.29) is 0 Å². The van der Waals surface area contributed by atoms with Gasteiger partial charge in [-0.05, 0) is 17.7 Å². The number of hydrogen-bond acceptors (Lipinski definition) is 1. The molecule has 14 heavy (non-hydrogen) atoms. The van der Waals surface area contributed by atoms with E-state index in [0.29, 0.717) is 5.56 Å². The zero-order valence-corrected chi connectivity index (χ0v) is 6.94. The molecule has 0 fully saturated rings. The van der Waals surface area contributed by atoms with E-state index in [0.717, 1.165) is 12.1 Å². The van der Waals surface area contributed by atoms with Crippen molar-refractivity contribution in [2.45, 2.75) is 6.36 Å². The summed E-state index contributed by atoms with van der Waals surface area (Å²) in [5.41, 5.74) is 0.386. The molecule has 0 saturated heterocycles. The van der Waals surface area contributed by atoms with Gasteiger partial charge in [0.25, 0.3) is 0 Å². The van der Waals surface area contributed by atoms with E-state index >= 15 is 0 Å². The van der Waals surface area contributed by atoms with Crippen LogP contribution >= 0.6 is 0 Å². The van der Waals surface area contributed by atoms with Gasteiger partial charge in [-0.3, -0.25) is 0 Å². The Kier molecular flexibility index (Phi) is 2.78. The lowest BCUT2D eigenvalue weighted by atomic mass is 10.2. The molecule has 0 saturated carbocycles. The van der Waals surface area contributed by atoms with Crippen LogP contribution in [0.3, 0.4) is 0 Å². The molecule has 0 N–H and O–H groups in total. The smallest absolute Gasteiger partial charge is 0.403 e. The third kappa shape index (κ3) is 2.76. The highest BCUT2D eigenvalue weighted by Gasteiger charge is 2.32. The SMILES string of the molecule is C=Cc1ccc(OC(F)(F)F)c(F)c1. The fourth-order valence-electron chi connectivity index (χ4n) is 0.852. The maximum absolute atomic E-state index is 12.9. The number of rotatable bonds is 2. The molecule has 5 heteroatoms. The summed E-state index contributed by atoms with van der Waals surface area (Å²) in [5.74, 6) is -1.91. The standard InChI is InChI=1S/C9H6F4O/c1-2-6-3-4-8(7(10)5-6)14-9(11,12)13/h2-5H,1H2. The maximum Gasteiger partial charge on any atom is 0.573 e. The quantitative estimate of drug-likeness (QED) is 0.674. The lowest BCUT2D eigenvalue weighted by molar-refractivity contribution is -0.275. The largest absolute Gasteiger partial charge is 0.573 e. The summed E-state index contributed by atoms with van der Waals surface area (Å²) in [5, 5.41) is 0. The Labute approximate surface area is 77.6 Å². The van der Waals surface area contributed by atoms with Crippen LogP contribution in [0.5, 0.6) is 5.75 Å². The third-order valence-electron chi connectivity index (χ3n) is 1.42. The van der Waals surface area contributed by atoms with Crippen molar-refractivity contribution in [3.8, 4) is 5.75 Å². The second kappa shape index (κ2) is 3.69. The van der Waals surface area contributed by atoms with E-state index < -0.39 is 17.9 Å². The summed E-state index contributed by atoms with van der Waals surface area (Å²) in [6, 6.07) is 3.09.